The van der Waals surface area contributed by atoms with Gasteiger partial charge in [-0.05, 0) is 5.92 Å². The van der Waals surface area contributed by atoms with E-state index >= 15 is 0 Å². The second kappa shape index (κ2) is 3.44. The number of carbonyl (C=O) groups is 1. The van der Waals surface area contributed by atoms with Crippen LogP contribution in [0.1, 0.15) is 13.3 Å². The van der Waals surface area contributed by atoms with Crippen molar-refractivity contribution in [3.63, 3.8) is 0 Å². The molecule has 1 rings (SSSR count). The molecule has 0 aromatic rings. The Hall–Kier alpha value is -1.56. The number of rotatable bonds is 2. The van der Waals surface area contributed by atoms with Gasteiger partial charge in [-0.1, -0.05) is 31.2 Å². The summed E-state index contributed by atoms with van der Waals surface area (Å²) in [6, 6.07) is 1.89. The lowest BCUT2D eigenvalue weighted by Crippen LogP contribution is -2.27. The number of nitriles is 1. The first-order chi connectivity index (χ1) is 6.10. The van der Waals surface area contributed by atoms with Crippen LogP contribution in [0.15, 0.2) is 24.3 Å². The minimum atomic E-state index is -1.10. The van der Waals surface area contributed by atoms with Gasteiger partial charge in [-0.3, -0.25) is 4.79 Å². The molecule has 1 aliphatic rings. The molecule has 0 aromatic heterocycles. The van der Waals surface area contributed by atoms with E-state index in [2.05, 4.69) is 0 Å². The van der Waals surface area contributed by atoms with E-state index in [-0.39, 0.29) is 12.3 Å². The van der Waals surface area contributed by atoms with E-state index < -0.39 is 11.4 Å². The van der Waals surface area contributed by atoms with Crippen LogP contribution in [0, 0.1) is 22.7 Å². The van der Waals surface area contributed by atoms with Crippen molar-refractivity contribution in [3.05, 3.63) is 24.3 Å². The molecular formula is C10H11NO2. The molecule has 68 valence electrons. The molecule has 0 heterocycles. The Labute approximate surface area is 77.0 Å². The first-order valence-corrected chi connectivity index (χ1v) is 4.10. The highest BCUT2D eigenvalue weighted by atomic mass is 16.4. The first-order valence-electron chi connectivity index (χ1n) is 4.10. The molecule has 0 bridgehead atoms. The van der Waals surface area contributed by atoms with E-state index in [0.29, 0.717) is 0 Å². The van der Waals surface area contributed by atoms with E-state index in [1.54, 1.807) is 12.2 Å². The molecule has 0 amide bonds. The number of nitrogens with zero attached hydrogens (tertiary/aromatic N) is 1. The molecule has 0 radical (unpaired) electrons. The Kier molecular flexibility index (Phi) is 2.52. The van der Waals surface area contributed by atoms with Gasteiger partial charge in [0, 0.05) is 0 Å². The second-order valence-corrected chi connectivity index (χ2v) is 3.26. The van der Waals surface area contributed by atoms with Gasteiger partial charge in [0.05, 0.1) is 12.5 Å². The standard InChI is InChI=1S/C10H11NO2/c1-8-2-4-10(5-3-8,6-7-11)9(12)13/h2-5,8H,6H2,1H3,(H,12,13). The lowest BCUT2D eigenvalue weighted by atomic mass is 9.80. The van der Waals surface area contributed by atoms with Gasteiger partial charge in [-0.2, -0.15) is 5.26 Å². The molecule has 0 aliphatic heterocycles. The molecule has 1 N–H and O–H groups in total. The zero-order chi connectivity index (χ0) is 9.90. The van der Waals surface area contributed by atoms with Gasteiger partial charge in [0.25, 0.3) is 0 Å². The number of hydrogen-bond acceptors (Lipinski definition) is 2. The molecule has 1 aliphatic carbocycles. The highest BCUT2D eigenvalue weighted by molar-refractivity contribution is 5.80. The summed E-state index contributed by atoms with van der Waals surface area (Å²) in [4.78, 5) is 10.9. The number of carboxylic acid groups (broad SMARTS) is 1. The highest BCUT2D eigenvalue weighted by Gasteiger charge is 2.34. The third kappa shape index (κ3) is 1.78. The summed E-state index contributed by atoms with van der Waals surface area (Å²) in [7, 11) is 0. The van der Waals surface area contributed by atoms with Gasteiger partial charge in [-0.15, -0.1) is 0 Å². The molecule has 3 nitrogen and oxygen atoms in total. The van der Waals surface area contributed by atoms with Gasteiger partial charge in [0.1, 0.15) is 5.41 Å². The Morgan fingerprint density at radius 2 is 2.15 bits per heavy atom. The summed E-state index contributed by atoms with van der Waals surface area (Å²) in [5.74, 6) is -0.709. The van der Waals surface area contributed by atoms with Gasteiger partial charge in [0.15, 0.2) is 0 Å². The zero-order valence-electron chi connectivity index (χ0n) is 7.40. The average Bonchev–Trinajstić information content (AvgIpc) is 2.09. The minimum Gasteiger partial charge on any atom is -0.480 e. The molecule has 0 atom stereocenters. The second-order valence-electron chi connectivity index (χ2n) is 3.26. The lowest BCUT2D eigenvalue weighted by Gasteiger charge is -2.22. The molecule has 0 spiro atoms. The van der Waals surface area contributed by atoms with E-state index in [0.717, 1.165) is 0 Å². The van der Waals surface area contributed by atoms with Crippen LogP contribution in [0.25, 0.3) is 0 Å². The van der Waals surface area contributed by atoms with Crippen LogP contribution in [-0.2, 0) is 4.79 Å². The Balaban J connectivity index is 2.96. The summed E-state index contributed by atoms with van der Waals surface area (Å²) in [5, 5.41) is 17.5. The van der Waals surface area contributed by atoms with Crippen LogP contribution in [0.4, 0.5) is 0 Å². The van der Waals surface area contributed by atoms with Gasteiger partial charge >= 0.3 is 5.97 Å². The lowest BCUT2D eigenvalue weighted by molar-refractivity contribution is -0.143. The summed E-state index contributed by atoms with van der Waals surface area (Å²) in [6.07, 6.45) is 6.81. The summed E-state index contributed by atoms with van der Waals surface area (Å²) < 4.78 is 0. The van der Waals surface area contributed by atoms with Crippen LogP contribution < -0.4 is 0 Å². The van der Waals surface area contributed by atoms with Gasteiger partial charge in [0.2, 0.25) is 0 Å². The van der Waals surface area contributed by atoms with E-state index in [1.807, 2.05) is 25.1 Å². The maximum absolute atomic E-state index is 10.9. The average molecular weight is 177 g/mol. The number of aliphatic carboxylic acids is 1. The predicted molar refractivity (Wildman–Crippen MR) is 47.7 cm³/mol. The molecule has 0 aromatic carbocycles. The zero-order valence-corrected chi connectivity index (χ0v) is 7.40. The minimum absolute atomic E-state index is 0.0119. The summed E-state index contributed by atoms with van der Waals surface area (Å²) in [6.45, 7) is 1.96. The fourth-order valence-corrected chi connectivity index (χ4v) is 1.23. The molecule has 13 heavy (non-hydrogen) atoms. The van der Waals surface area contributed by atoms with Crippen molar-refractivity contribution in [3.8, 4) is 6.07 Å². The predicted octanol–water partition coefficient (Wildman–Crippen LogP) is 1.73. The Morgan fingerprint density at radius 3 is 2.54 bits per heavy atom. The molecule has 0 unspecified atom stereocenters. The van der Waals surface area contributed by atoms with E-state index in [4.69, 9.17) is 10.4 Å². The van der Waals surface area contributed by atoms with Gasteiger partial charge in [-0.25, -0.2) is 0 Å². The van der Waals surface area contributed by atoms with Crippen LogP contribution in [-0.4, -0.2) is 11.1 Å². The number of hydrogen-bond donors (Lipinski definition) is 1. The quantitative estimate of drug-likeness (QED) is 0.653. The fourth-order valence-electron chi connectivity index (χ4n) is 1.23. The number of carboxylic acids is 1. The monoisotopic (exact) mass is 177 g/mol. The van der Waals surface area contributed by atoms with E-state index in [9.17, 15) is 4.79 Å². The molecule has 0 fully saturated rings. The highest BCUT2D eigenvalue weighted by Crippen LogP contribution is 2.30. The van der Waals surface area contributed by atoms with E-state index in [1.165, 1.54) is 0 Å². The summed E-state index contributed by atoms with van der Waals surface area (Å²) in [5.41, 5.74) is -1.10. The largest absolute Gasteiger partial charge is 0.480 e. The van der Waals surface area contributed by atoms with Crippen LogP contribution >= 0.6 is 0 Å². The van der Waals surface area contributed by atoms with Crippen molar-refractivity contribution in [1.82, 2.24) is 0 Å². The topological polar surface area (TPSA) is 61.1 Å². The molecular weight excluding hydrogens is 166 g/mol. The Bertz CT molecular complexity index is 295. The van der Waals surface area contributed by atoms with Crippen molar-refractivity contribution in [1.29, 1.82) is 5.26 Å². The number of allylic oxidation sites excluding steroid dienone is 2. The van der Waals surface area contributed by atoms with Crippen molar-refractivity contribution >= 4 is 5.97 Å². The van der Waals surface area contributed by atoms with Gasteiger partial charge < -0.3 is 5.11 Å². The van der Waals surface area contributed by atoms with Crippen molar-refractivity contribution in [2.75, 3.05) is 0 Å². The maximum Gasteiger partial charge on any atom is 0.318 e. The van der Waals surface area contributed by atoms with Crippen LogP contribution in [0.3, 0.4) is 0 Å². The normalized spacial score (nSPS) is 31.2. The van der Waals surface area contributed by atoms with Crippen LogP contribution in [0.5, 0.6) is 0 Å². The van der Waals surface area contributed by atoms with Crippen molar-refractivity contribution < 1.29 is 9.90 Å². The smallest absolute Gasteiger partial charge is 0.318 e. The SMILES string of the molecule is CC1C=CC(CC#N)(C(=O)O)C=C1. The van der Waals surface area contributed by atoms with Crippen molar-refractivity contribution in [2.45, 2.75) is 13.3 Å². The fraction of sp³-hybridized carbons (Fsp3) is 0.400. The maximum atomic E-state index is 10.9. The third-order valence-electron chi connectivity index (χ3n) is 2.16. The van der Waals surface area contributed by atoms with Crippen molar-refractivity contribution in [2.24, 2.45) is 11.3 Å². The molecule has 0 saturated heterocycles. The van der Waals surface area contributed by atoms with Crippen LogP contribution in [0.2, 0.25) is 0 Å². The first kappa shape index (κ1) is 9.53. The Morgan fingerprint density at radius 1 is 1.62 bits per heavy atom. The summed E-state index contributed by atoms with van der Waals surface area (Å²) >= 11 is 0. The molecule has 3 heteroatoms. The molecule has 0 saturated carbocycles. The third-order valence-corrected chi connectivity index (χ3v) is 2.16.